The first-order valence-electron chi connectivity index (χ1n) is 12.2. The van der Waals surface area contributed by atoms with Gasteiger partial charge in [-0.1, -0.05) is 7.92 Å². The molecule has 8 nitrogen and oxygen atoms in total. The molecule has 191 valence electrons. The number of benzene rings is 2. The second-order valence-corrected chi connectivity index (χ2v) is 12.2. The van der Waals surface area contributed by atoms with Crippen LogP contribution in [0.2, 0.25) is 0 Å². The normalized spacial score (nSPS) is 13.7. The van der Waals surface area contributed by atoms with Gasteiger partial charge in [-0.05, 0) is 79.2 Å². The maximum absolute atomic E-state index is 5.75. The minimum absolute atomic E-state index is 0.450. The van der Waals surface area contributed by atoms with Gasteiger partial charge in [0, 0.05) is 54.4 Å². The molecule has 1 aliphatic rings. The number of anilines is 5. The minimum atomic E-state index is -0.450. The molecule has 3 heterocycles. The summed E-state index contributed by atoms with van der Waals surface area (Å²) in [5.41, 5.74) is 5.98. The Labute approximate surface area is 227 Å². The van der Waals surface area contributed by atoms with Gasteiger partial charge in [-0.25, -0.2) is 4.98 Å². The van der Waals surface area contributed by atoms with Crippen molar-refractivity contribution in [1.29, 1.82) is 0 Å². The minimum Gasteiger partial charge on any atom is -0.494 e. The first-order valence-corrected chi connectivity index (χ1v) is 15.2. The van der Waals surface area contributed by atoms with Crippen molar-refractivity contribution in [2.24, 2.45) is 0 Å². The molecule has 2 N–H and O–H groups in total. The molecule has 0 bridgehead atoms. The van der Waals surface area contributed by atoms with Gasteiger partial charge in [0.15, 0.2) is 0 Å². The molecule has 0 atom stereocenters. The SMILES string of the molecule is COc1cc(N2CC[CH]CC2)c(C)cc1Nc1ncc(Br)c(Nc2ccc3nccnc3c2P(C)C)n1. The number of methoxy groups -OCH3 is 1. The number of nitrogens with one attached hydrogen (secondary N) is 2. The zero-order valence-corrected chi connectivity index (χ0v) is 23.9. The van der Waals surface area contributed by atoms with E-state index in [9.17, 15) is 0 Å². The van der Waals surface area contributed by atoms with E-state index in [-0.39, 0.29) is 0 Å². The van der Waals surface area contributed by atoms with Crippen molar-refractivity contribution < 1.29 is 4.74 Å². The zero-order valence-electron chi connectivity index (χ0n) is 21.4. The average Bonchev–Trinajstić information content (AvgIpc) is 2.91. The Balaban J connectivity index is 1.45. The molecule has 0 saturated carbocycles. The lowest BCUT2D eigenvalue weighted by atomic mass is 10.1. The van der Waals surface area contributed by atoms with Crippen LogP contribution in [0.4, 0.5) is 28.8 Å². The summed E-state index contributed by atoms with van der Waals surface area (Å²) < 4.78 is 6.51. The molecule has 0 amide bonds. The van der Waals surface area contributed by atoms with Gasteiger partial charge in [0.1, 0.15) is 11.6 Å². The molecule has 0 aliphatic carbocycles. The topological polar surface area (TPSA) is 88.1 Å². The highest BCUT2D eigenvalue weighted by Crippen LogP contribution is 2.37. The van der Waals surface area contributed by atoms with Crippen LogP contribution >= 0.6 is 23.9 Å². The van der Waals surface area contributed by atoms with Gasteiger partial charge in [-0.3, -0.25) is 9.97 Å². The lowest BCUT2D eigenvalue weighted by Gasteiger charge is -2.30. The molecule has 0 spiro atoms. The number of hydrogen-bond donors (Lipinski definition) is 2. The Kier molecular flexibility index (Phi) is 7.72. The molecule has 4 aromatic rings. The molecule has 37 heavy (non-hydrogen) atoms. The van der Waals surface area contributed by atoms with Crippen LogP contribution in [0.3, 0.4) is 0 Å². The summed E-state index contributed by atoms with van der Waals surface area (Å²) >= 11 is 3.61. The van der Waals surface area contributed by atoms with Crippen molar-refractivity contribution in [2.75, 3.05) is 49.1 Å². The number of rotatable bonds is 7. The number of ether oxygens (including phenoxy) is 1. The largest absolute Gasteiger partial charge is 0.494 e. The van der Waals surface area contributed by atoms with E-state index in [1.54, 1.807) is 25.7 Å². The van der Waals surface area contributed by atoms with E-state index in [1.165, 1.54) is 11.3 Å². The van der Waals surface area contributed by atoms with Crippen LogP contribution in [0.25, 0.3) is 11.0 Å². The molecule has 1 saturated heterocycles. The van der Waals surface area contributed by atoms with E-state index < -0.39 is 7.92 Å². The van der Waals surface area contributed by atoms with Gasteiger partial charge in [0.05, 0.1) is 28.3 Å². The second kappa shape index (κ2) is 11.2. The number of piperidine rings is 1. The quantitative estimate of drug-likeness (QED) is 0.252. The Morgan fingerprint density at radius 3 is 2.54 bits per heavy atom. The van der Waals surface area contributed by atoms with Gasteiger partial charge < -0.3 is 20.3 Å². The van der Waals surface area contributed by atoms with Crippen LogP contribution in [0.1, 0.15) is 18.4 Å². The highest BCUT2D eigenvalue weighted by Gasteiger charge is 2.18. The fraction of sp³-hybridized carbons (Fsp3) is 0.296. The molecule has 0 unspecified atom stereocenters. The molecular formula is C27H30BrN7OP. The number of aryl methyl sites for hydroxylation is 1. The Bertz CT molecular complexity index is 1430. The smallest absolute Gasteiger partial charge is 0.229 e. The summed E-state index contributed by atoms with van der Waals surface area (Å²) in [4.78, 5) is 20.8. The molecule has 1 fully saturated rings. The lowest BCUT2D eigenvalue weighted by molar-refractivity contribution is 0.416. The predicted molar refractivity (Wildman–Crippen MR) is 158 cm³/mol. The molecule has 2 aromatic heterocycles. The molecule has 10 heteroatoms. The number of aromatic nitrogens is 4. The van der Waals surface area contributed by atoms with Gasteiger partial charge in [0.2, 0.25) is 5.95 Å². The van der Waals surface area contributed by atoms with E-state index in [2.05, 4.69) is 85.2 Å². The summed E-state index contributed by atoms with van der Waals surface area (Å²) in [7, 11) is 1.24. The summed E-state index contributed by atoms with van der Waals surface area (Å²) in [6, 6.07) is 8.23. The second-order valence-electron chi connectivity index (χ2n) is 9.11. The first-order chi connectivity index (χ1) is 17.9. The van der Waals surface area contributed by atoms with Crippen molar-refractivity contribution in [2.45, 2.75) is 19.8 Å². The molecule has 5 rings (SSSR count). The van der Waals surface area contributed by atoms with Crippen molar-refractivity contribution in [3.63, 3.8) is 0 Å². The number of nitrogens with zero attached hydrogens (tertiary/aromatic N) is 5. The Hall–Kier alpha value is -3.03. The van der Waals surface area contributed by atoms with Gasteiger partial charge >= 0.3 is 0 Å². The predicted octanol–water partition coefficient (Wildman–Crippen LogP) is 6.16. The van der Waals surface area contributed by atoms with E-state index in [0.29, 0.717) is 11.8 Å². The number of fused-ring (bicyclic) bond motifs is 1. The van der Waals surface area contributed by atoms with Crippen LogP contribution in [-0.2, 0) is 0 Å². The van der Waals surface area contributed by atoms with E-state index in [4.69, 9.17) is 9.72 Å². The Morgan fingerprint density at radius 1 is 1.00 bits per heavy atom. The van der Waals surface area contributed by atoms with Crippen LogP contribution in [-0.4, -0.2) is 53.5 Å². The third-order valence-corrected chi connectivity index (χ3v) is 8.30. The first kappa shape index (κ1) is 25.6. The molecule has 1 radical (unpaired) electrons. The Morgan fingerprint density at radius 2 is 1.78 bits per heavy atom. The fourth-order valence-corrected chi connectivity index (χ4v) is 6.11. The molecule has 2 aromatic carbocycles. The summed E-state index contributed by atoms with van der Waals surface area (Å²) in [6.45, 7) is 8.62. The van der Waals surface area contributed by atoms with Crippen LogP contribution in [0.15, 0.2) is 47.3 Å². The van der Waals surface area contributed by atoms with E-state index in [0.717, 1.165) is 63.9 Å². The van der Waals surface area contributed by atoms with Crippen LogP contribution < -0.4 is 25.6 Å². The highest BCUT2D eigenvalue weighted by atomic mass is 79.9. The number of hydrogen-bond acceptors (Lipinski definition) is 8. The molecular weight excluding hydrogens is 549 g/mol. The summed E-state index contributed by atoms with van der Waals surface area (Å²) in [5, 5.41) is 8.02. The van der Waals surface area contributed by atoms with Gasteiger partial charge in [0.25, 0.3) is 0 Å². The maximum Gasteiger partial charge on any atom is 0.229 e. The third kappa shape index (κ3) is 5.48. The third-order valence-electron chi connectivity index (χ3n) is 6.37. The van der Waals surface area contributed by atoms with Crippen LogP contribution in [0, 0.1) is 13.3 Å². The van der Waals surface area contributed by atoms with Gasteiger partial charge in [-0.15, -0.1) is 0 Å². The van der Waals surface area contributed by atoms with Crippen molar-refractivity contribution in [1.82, 2.24) is 19.9 Å². The fourth-order valence-electron chi connectivity index (χ4n) is 4.61. The monoisotopic (exact) mass is 578 g/mol. The van der Waals surface area contributed by atoms with Gasteiger partial charge in [-0.2, -0.15) is 4.98 Å². The van der Waals surface area contributed by atoms with E-state index >= 15 is 0 Å². The summed E-state index contributed by atoms with van der Waals surface area (Å²) in [5.74, 6) is 1.89. The molecule has 1 aliphatic heterocycles. The number of halogens is 1. The highest BCUT2D eigenvalue weighted by molar-refractivity contribution is 9.10. The van der Waals surface area contributed by atoms with Crippen LogP contribution in [0.5, 0.6) is 5.75 Å². The van der Waals surface area contributed by atoms with Crippen molar-refractivity contribution in [3.05, 3.63) is 59.3 Å². The average molecular weight is 579 g/mol. The zero-order chi connectivity index (χ0) is 25.9. The van der Waals surface area contributed by atoms with Crippen molar-refractivity contribution in [3.8, 4) is 5.75 Å². The summed E-state index contributed by atoms with van der Waals surface area (Å²) in [6.07, 6.45) is 9.77. The standard InChI is InChI=1S/C27H30BrN7OP/c1-17-14-21(23(36-2)15-22(17)35-12-6-5-7-13-35)33-27-31-16-18(28)26(34-27)32-20-9-8-19-24(25(20)37(3)4)30-11-10-29-19/h5,8-11,14-16H,6-7,12-13H2,1-4H3,(H2,31,32,33,34). The van der Waals surface area contributed by atoms with E-state index in [1.807, 2.05) is 12.1 Å². The maximum atomic E-state index is 5.75. The lowest BCUT2D eigenvalue weighted by Crippen LogP contribution is -2.30. The van der Waals surface area contributed by atoms with Crippen molar-refractivity contribution >= 4 is 69.0 Å².